The van der Waals surface area contributed by atoms with Crippen LogP contribution in [0.5, 0.6) is 0 Å². The van der Waals surface area contributed by atoms with Crippen LogP contribution >= 0.6 is 12.6 Å². The van der Waals surface area contributed by atoms with Crippen LogP contribution in [-0.2, 0) is 9.84 Å². The largest absolute Gasteiger partial charge is 0.277 e. The third kappa shape index (κ3) is 3.94. The van der Waals surface area contributed by atoms with Gasteiger partial charge in [0, 0.05) is 10.5 Å². The van der Waals surface area contributed by atoms with E-state index >= 15 is 0 Å². The molecule has 0 radical (unpaired) electrons. The Hall–Kier alpha value is -1.07. The van der Waals surface area contributed by atoms with Crippen molar-refractivity contribution >= 4 is 28.2 Å². The zero-order valence-electron chi connectivity index (χ0n) is 15.8. The molecule has 142 valence electrons. The topological polar surface area (TPSA) is 46.5 Å². The summed E-state index contributed by atoms with van der Waals surface area (Å²) in [4.78, 5) is 6.28. The second kappa shape index (κ2) is 7.89. The number of fused-ring (bicyclic) bond motifs is 1. The number of thiol groups is 1. The van der Waals surface area contributed by atoms with E-state index in [1.807, 2.05) is 12.1 Å². The molecule has 0 aromatic heterocycles. The summed E-state index contributed by atoms with van der Waals surface area (Å²) < 4.78 is 26.6. The molecule has 0 N–H and O–H groups in total. The Morgan fingerprint density at radius 2 is 2.04 bits per heavy atom. The summed E-state index contributed by atoms with van der Waals surface area (Å²) in [7, 11) is -3.41. The molecule has 0 bridgehead atoms. The Bertz CT molecular complexity index is 840. The van der Waals surface area contributed by atoms with Crippen LogP contribution in [0.25, 0.3) is 0 Å². The molecule has 5 heteroatoms. The molecule has 1 unspecified atom stereocenters. The van der Waals surface area contributed by atoms with Gasteiger partial charge in [0.2, 0.25) is 0 Å². The van der Waals surface area contributed by atoms with Crippen molar-refractivity contribution in [2.45, 2.75) is 80.5 Å². The van der Waals surface area contributed by atoms with Gasteiger partial charge in [0.25, 0.3) is 0 Å². The number of hydrogen-bond acceptors (Lipinski definition) is 4. The van der Waals surface area contributed by atoms with E-state index in [1.54, 1.807) is 6.07 Å². The average Bonchev–Trinajstić information content (AvgIpc) is 2.74. The van der Waals surface area contributed by atoms with Gasteiger partial charge < -0.3 is 0 Å². The van der Waals surface area contributed by atoms with Crippen LogP contribution in [0.1, 0.15) is 70.8 Å². The third-order valence-corrected chi connectivity index (χ3v) is 7.82. The van der Waals surface area contributed by atoms with Gasteiger partial charge in [-0.15, -0.1) is 12.6 Å². The van der Waals surface area contributed by atoms with Gasteiger partial charge in [0.15, 0.2) is 9.84 Å². The van der Waals surface area contributed by atoms with Crippen LogP contribution in [0.2, 0.25) is 0 Å². The quantitative estimate of drug-likeness (QED) is 0.684. The number of benzene rings is 1. The summed E-state index contributed by atoms with van der Waals surface area (Å²) in [5.74, 6) is 0.0948. The van der Waals surface area contributed by atoms with Crippen molar-refractivity contribution in [1.29, 1.82) is 0 Å². The van der Waals surface area contributed by atoms with Crippen molar-refractivity contribution in [3.8, 4) is 0 Å². The van der Waals surface area contributed by atoms with E-state index < -0.39 is 15.4 Å². The minimum absolute atomic E-state index is 0.0948. The second-order valence-electron chi connectivity index (χ2n) is 7.56. The van der Waals surface area contributed by atoms with Crippen molar-refractivity contribution in [2.75, 3.05) is 5.75 Å². The van der Waals surface area contributed by atoms with E-state index in [9.17, 15) is 8.42 Å². The number of hydrogen-bond donors (Lipinski definition) is 1. The Morgan fingerprint density at radius 3 is 2.69 bits per heavy atom. The summed E-state index contributed by atoms with van der Waals surface area (Å²) in [6.07, 6.45) is 10.2. The van der Waals surface area contributed by atoms with Crippen LogP contribution in [0.4, 0.5) is 0 Å². The fraction of sp³-hybridized carbons (Fsp3) is 0.571. The van der Waals surface area contributed by atoms with Gasteiger partial charge in [-0.25, -0.2) is 8.42 Å². The van der Waals surface area contributed by atoms with Crippen molar-refractivity contribution < 1.29 is 8.42 Å². The normalized spacial score (nSPS) is 25.0. The molecule has 1 heterocycles. The maximum absolute atomic E-state index is 13.3. The lowest BCUT2D eigenvalue weighted by Gasteiger charge is -2.28. The molecule has 3 nitrogen and oxygen atoms in total. The maximum atomic E-state index is 13.3. The zero-order chi connectivity index (χ0) is 18.8. The highest BCUT2D eigenvalue weighted by atomic mass is 32.2. The van der Waals surface area contributed by atoms with Gasteiger partial charge in [-0.05, 0) is 56.2 Å². The molecular formula is C21H29NO2S2. The number of unbranched alkanes of at least 4 members (excludes halogenated alkanes) is 1. The molecule has 0 saturated heterocycles. The monoisotopic (exact) mass is 391 g/mol. The first-order valence-corrected chi connectivity index (χ1v) is 11.9. The highest BCUT2D eigenvalue weighted by Gasteiger charge is 2.39. The van der Waals surface area contributed by atoms with E-state index in [2.05, 4.69) is 32.6 Å². The van der Waals surface area contributed by atoms with E-state index in [4.69, 9.17) is 4.99 Å². The molecular weight excluding hydrogens is 362 g/mol. The summed E-state index contributed by atoms with van der Waals surface area (Å²) in [5.41, 5.74) is 2.36. The highest BCUT2D eigenvalue weighted by Crippen LogP contribution is 2.37. The van der Waals surface area contributed by atoms with Gasteiger partial charge >= 0.3 is 0 Å². The Labute approximate surface area is 163 Å². The van der Waals surface area contributed by atoms with E-state index in [1.165, 1.54) is 12.0 Å². The number of rotatable bonds is 5. The summed E-state index contributed by atoms with van der Waals surface area (Å²) in [5, 5.41) is 0. The average molecular weight is 392 g/mol. The Balaban J connectivity index is 2.23. The predicted molar refractivity (Wildman–Crippen MR) is 111 cm³/mol. The molecule has 3 rings (SSSR count). The number of allylic oxidation sites excluding steroid dienone is 2. The Morgan fingerprint density at radius 1 is 1.23 bits per heavy atom. The predicted octanol–water partition coefficient (Wildman–Crippen LogP) is 5.39. The zero-order valence-corrected chi connectivity index (χ0v) is 17.5. The van der Waals surface area contributed by atoms with Crippen LogP contribution < -0.4 is 0 Å². The first-order chi connectivity index (χ1) is 12.4. The van der Waals surface area contributed by atoms with Crippen LogP contribution in [-0.4, -0.2) is 25.4 Å². The van der Waals surface area contributed by atoms with Crippen molar-refractivity contribution in [2.24, 2.45) is 4.99 Å². The van der Waals surface area contributed by atoms with Crippen molar-refractivity contribution in [3.05, 3.63) is 35.4 Å². The maximum Gasteiger partial charge on any atom is 0.181 e. The van der Waals surface area contributed by atoms with Crippen LogP contribution in [0, 0.1) is 0 Å². The minimum Gasteiger partial charge on any atom is -0.277 e. The molecule has 0 amide bonds. The molecule has 1 aromatic rings. The standard InChI is InChI=1S/C21H29NO2S2/c1-3-5-13-21(4-2)15-26(23,24)19-14-17(25)11-12-18(19)20(22-21)16-9-7-6-8-10-16/h9,11-12,14,25H,3-8,10,13,15H2,1-2H3. The first-order valence-electron chi connectivity index (χ1n) is 9.76. The van der Waals surface area contributed by atoms with E-state index in [0.717, 1.165) is 56.2 Å². The van der Waals surface area contributed by atoms with Crippen molar-refractivity contribution in [3.63, 3.8) is 0 Å². The number of nitrogens with zero attached hydrogens (tertiary/aromatic N) is 1. The second-order valence-corrected chi connectivity index (χ2v) is 10.0. The van der Waals surface area contributed by atoms with Crippen LogP contribution in [0.15, 0.2) is 44.6 Å². The lowest BCUT2D eigenvalue weighted by atomic mass is 9.88. The lowest BCUT2D eigenvalue weighted by molar-refractivity contribution is 0.407. The van der Waals surface area contributed by atoms with Crippen LogP contribution in [0.3, 0.4) is 0 Å². The van der Waals surface area contributed by atoms with Gasteiger partial charge in [-0.1, -0.05) is 38.8 Å². The first kappa shape index (κ1) is 19.7. The van der Waals surface area contributed by atoms with E-state index in [-0.39, 0.29) is 5.75 Å². The summed E-state index contributed by atoms with van der Waals surface area (Å²) in [6, 6.07) is 5.48. The molecule has 1 aliphatic carbocycles. The molecule has 0 fully saturated rings. The van der Waals surface area contributed by atoms with Gasteiger partial charge in [0.1, 0.15) is 0 Å². The minimum atomic E-state index is -3.41. The van der Waals surface area contributed by atoms with E-state index in [0.29, 0.717) is 9.79 Å². The number of sulfone groups is 1. The molecule has 1 aromatic carbocycles. The molecule has 0 saturated carbocycles. The highest BCUT2D eigenvalue weighted by molar-refractivity contribution is 7.91. The smallest absolute Gasteiger partial charge is 0.181 e. The molecule has 2 aliphatic rings. The van der Waals surface area contributed by atoms with Gasteiger partial charge in [0.05, 0.1) is 21.9 Å². The third-order valence-electron chi connectivity index (χ3n) is 5.61. The fourth-order valence-electron chi connectivity index (χ4n) is 4.01. The summed E-state index contributed by atoms with van der Waals surface area (Å²) >= 11 is 4.39. The van der Waals surface area contributed by atoms with Gasteiger partial charge in [-0.3, -0.25) is 4.99 Å². The lowest BCUT2D eigenvalue weighted by Crippen LogP contribution is -2.34. The molecule has 1 aliphatic heterocycles. The summed E-state index contributed by atoms with van der Waals surface area (Å²) in [6.45, 7) is 4.21. The molecule has 26 heavy (non-hydrogen) atoms. The van der Waals surface area contributed by atoms with Crippen molar-refractivity contribution in [1.82, 2.24) is 0 Å². The van der Waals surface area contributed by atoms with Gasteiger partial charge in [-0.2, -0.15) is 0 Å². The SMILES string of the molecule is CCCCC1(CC)CS(=O)(=O)c2cc(S)ccc2C(C2=CCCCC2)=N1. The molecule has 1 atom stereocenters. The molecule has 0 spiro atoms. The fourth-order valence-corrected chi connectivity index (χ4v) is 6.39. The Kier molecular flexibility index (Phi) is 5.97. The number of aliphatic imine (C=N–C) groups is 1.